The summed E-state index contributed by atoms with van der Waals surface area (Å²) in [5, 5.41) is 3.16. The van der Waals surface area contributed by atoms with Gasteiger partial charge in [0, 0.05) is 32.4 Å². The Morgan fingerprint density at radius 3 is 2.58 bits per heavy atom. The molecule has 1 rings (SSSR count). The minimum Gasteiger partial charge on any atom is -0.355 e. The van der Waals surface area contributed by atoms with Crippen molar-refractivity contribution < 1.29 is 8.42 Å². The molecule has 1 aliphatic rings. The highest BCUT2D eigenvalue weighted by molar-refractivity contribution is 7.91. The van der Waals surface area contributed by atoms with Crippen molar-refractivity contribution in [1.29, 1.82) is 0 Å². The molecule has 1 aliphatic heterocycles. The molecule has 0 aliphatic carbocycles. The van der Waals surface area contributed by atoms with Crippen LogP contribution in [-0.2, 0) is 9.84 Å². The molecule has 5 nitrogen and oxygen atoms in total. The highest BCUT2D eigenvalue weighted by Gasteiger charge is 2.33. The molecular weight excluding hydrogens is 262 g/mol. The van der Waals surface area contributed by atoms with Crippen LogP contribution in [0.1, 0.15) is 33.6 Å². The quantitative estimate of drug-likeness (QED) is 0.608. The number of rotatable bonds is 5. The van der Waals surface area contributed by atoms with E-state index in [1.165, 1.54) is 0 Å². The summed E-state index contributed by atoms with van der Waals surface area (Å²) in [5.41, 5.74) is 0.354. The van der Waals surface area contributed by atoms with Crippen LogP contribution in [0.15, 0.2) is 4.99 Å². The SMILES string of the molecule is CCC1(C)CCN(C(=NC)NCCS(=O)(=O)CC)C1. The van der Waals surface area contributed by atoms with Crippen LogP contribution in [0.5, 0.6) is 0 Å². The van der Waals surface area contributed by atoms with E-state index in [1.54, 1.807) is 14.0 Å². The van der Waals surface area contributed by atoms with Gasteiger partial charge < -0.3 is 10.2 Å². The smallest absolute Gasteiger partial charge is 0.193 e. The van der Waals surface area contributed by atoms with Crippen molar-refractivity contribution >= 4 is 15.8 Å². The van der Waals surface area contributed by atoms with Gasteiger partial charge in [0.2, 0.25) is 0 Å². The molecule has 1 saturated heterocycles. The third kappa shape index (κ3) is 4.67. The Balaban J connectivity index is 2.48. The molecule has 0 radical (unpaired) electrons. The first-order valence-electron chi connectivity index (χ1n) is 7.02. The topological polar surface area (TPSA) is 61.8 Å². The average molecular weight is 289 g/mol. The lowest BCUT2D eigenvalue weighted by Crippen LogP contribution is -2.42. The van der Waals surface area contributed by atoms with Crippen LogP contribution in [0, 0.1) is 5.41 Å². The number of hydrogen-bond acceptors (Lipinski definition) is 3. The summed E-state index contributed by atoms with van der Waals surface area (Å²) in [6.07, 6.45) is 2.32. The predicted molar refractivity (Wildman–Crippen MR) is 80.3 cm³/mol. The fraction of sp³-hybridized carbons (Fsp3) is 0.923. The Kier molecular flexibility index (Phi) is 5.64. The van der Waals surface area contributed by atoms with E-state index >= 15 is 0 Å². The Labute approximate surface area is 117 Å². The fourth-order valence-electron chi connectivity index (χ4n) is 2.29. The van der Waals surface area contributed by atoms with Crippen molar-refractivity contribution in [3.8, 4) is 0 Å². The number of nitrogens with zero attached hydrogens (tertiary/aromatic N) is 2. The third-order valence-corrected chi connectivity index (χ3v) is 5.76. The van der Waals surface area contributed by atoms with Gasteiger partial charge in [-0.15, -0.1) is 0 Å². The molecule has 0 aromatic heterocycles. The molecule has 1 unspecified atom stereocenters. The molecule has 0 aromatic carbocycles. The summed E-state index contributed by atoms with van der Waals surface area (Å²) in [6, 6.07) is 0. The molecule has 1 fully saturated rings. The highest BCUT2D eigenvalue weighted by Crippen LogP contribution is 2.32. The number of likely N-dealkylation sites (tertiary alicyclic amines) is 1. The van der Waals surface area contributed by atoms with Gasteiger partial charge in [0.25, 0.3) is 0 Å². The number of hydrogen-bond donors (Lipinski definition) is 1. The van der Waals surface area contributed by atoms with Gasteiger partial charge in [-0.25, -0.2) is 8.42 Å². The number of guanidine groups is 1. The van der Waals surface area contributed by atoms with Gasteiger partial charge in [-0.05, 0) is 18.3 Å². The Morgan fingerprint density at radius 1 is 1.42 bits per heavy atom. The molecule has 0 aromatic rings. The summed E-state index contributed by atoms with van der Waals surface area (Å²) >= 11 is 0. The van der Waals surface area contributed by atoms with Gasteiger partial charge in [0.1, 0.15) is 0 Å². The molecular formula is C13H27N3O2S. The third-order valence-electron chi connectivity index (χ3n) is 4.06. The Hall–Kier alpha value is -0.780. The average Bonchev–Trinajstić information content (AvgIpc) is 2.78. The standard InChI is InChI=1S/C13H27N3O2S/c1-5-13(3)7-9-16(11-13)12(14-4)15-8-10-19(17,18)6-2/h5-11H2,1-4H3,(H,14,15). The van der Waals surface area contributed by atoms with E-state index < -0.39 is 9.84 Å². The first kappa shape index (κ1) is 16.3. The van der Waals surface area contributed by atoms with Crippen LogP contribution >= 0.6 is 0 Å². The van der Waals surface area contributed by atoms with Gasteiger partial charge in [-0.1, -0.05) is 20.8 Å². The maximum atomic E-state index is 11.4. The second-order valence-corrected chi connectivity index (χ2v) is 8.02. The van der Waals surface area contributed by atoms with Gasteiger partial charge in [-0.2, -0.15) is 0 Å². The van der Waals surface area contributed by atoms with Gasteiger partial charge >= 0.3 is 0 Å². The van der Waals surface area contributed by atoms with Crippen LogP contribution in [-0.4, -0.2) is 57.5 Å². The highest BCUT2D eigenvalue weighted by atomic mass is 32.2. The van der Waals surface area contributed by atoms with E-state index in [4.69, 9.17) is 0 Å². The first-order valence-corrected chi connectivity index (χ1v) is 8.84. The summed E-state index contributed by atoms with van der Waals surface area (Å²) in [4.78, 5) is 6.48. The van der Waals surface area contributed by atoms with Gasteiger partial charge in [0.05, 0.1) is 5.75 Å². The second-order valence-electron chi connectivity index (χ2n) is 5.55. The van der Waals surface area contributed by atoms with E-state index in [-0.39, 0.29) is 11.5 Å². The summed E-state index contributed by atoms with van der Waals surface area (Å²) in [5.74, 6) is 1.19. The summed E-state index contributed by atoms with van der Waals surface area (Å²) in [7, 11) is -1.16. The van der Waals surface area contributed by atoms with Gasteiger partial charge in [0.15, 0.2) is 15.8 Å². The molecule has 0 spiro atoms. The molecule has 6 heteroatoms. The lowest BCUT2D eigenvalue weighted by Gasteiger charge is -2.25. The zero-order valence-electron chi connectivity index (χ0n) is 12.6. The molecule has 0 bridgehead atoms. The predicted octanol–water partition coefficient (Wildman–Crippen LogP) is 1.12. The fourth-order valence-corrected chi connectivity index (χ4v) is 2.99. The van der Waals surface area contributed by atoms with Crippen molar-refractivity contribution in [2.75, 3.05) is 38.2 Å². The molecule has 1 atom stereocenters. The first-order chi connectivity index (χ1) is 8.86. The molecule has 112 valence electrons. The molecule has 0 saturated carbocycles. The van der Waals surface area contributed by atoms with Crippen LogP contribution in [0.3, 0.4) is 0 Å². The van der Waals surface area contributed by atoms with Crippen molar-refractivity contribution in [2.24, 2.45) is 10.4 Å². The van der Waals surface area contributed by atoms with E-state index in [1.807, 2.05) is 0 Å². The summed E-state index contributed by atoms with van der Waals surface area (Å²) < 4.78 is 22.9. The molecule has 1 heterocycles. The minimum absolute atomic E-state index is 0.168. The zero-order valence-corrected chi connectivity index (χ0v) is 13.4. The number of nitrogens with one attached hydrogen (secondary N) is 1. The van der Waals surface area contributed by atoms with Crippen LogP contribution < -0.4 is 5.32 Å². The number of aliphatic imine (C=N–C) groups is 1. The maximum absolute atomic E-state index is 11.4. The monoisotopic (exact) mass is 289 g/mol. The van der Waals surface area contributed by atoms with E-state index in [9.17, 15) is 8.42 Å². The molecule has 19 heavy (non-hydrogen) atoms. The van der Waals surface area contributed by atoms with Crippen molar-refractivity contribution in [3.63, 3.8) is 0 Å². The minimum atomic E-state index is -2.91. The second kappa shape index (κ2) is 6.59. The molecule has 0 amide bonds. The van der Waals surface area contributed by atoms with E-state index in [0.717, 1.165) is 31.9 Å². The van der Waals surface area contributed by atoms with E-state index in [0.29, 0.717) is 12.0 Å². The van der Waals surface area contributed by atoms with Crippen LogP contribution in [0.25, 0.3) is 0 Å². The van der Waals surface area contributed by atoms with Crippen molar-refractivity contribution in [3.05, 3.63) is 0 Å². The van der Waals surface area contributed by atoms with E-state index in [2.05, 4.69) is 29.1 Å². The number of sulfone groups is 1. The Morgan fingerprint density at radius 2 is 2.11 bits per heavy atom. The van der Waals surface area contributed by atoms with Crippen molar-refractivity contribution in [2.45, 2.75) is 33.6 Å². The summed E-state index contributed by atoms with van der Waals surface area (Å²) in [6.45, 7) is 8.60. The normalized spacial score (nSPS) is 24.8. The molecule has 1 N–H and O–H groups in total. The maximum Gasteiger partial charge on any atom is 0.193 e. The Bertz CT molecular complexity index is 420. The lowest BCUT2D eigenvalue weighted by atomic mass is 9.87. The lowest BCUT2D eigenvalue weighted by molar-refractivity contribution is 0.322. The van der Waals surface area contributed by atoms with Crippen LogP contribution in [0.4, 0.5) is 0 Å². The zero-order chi connectivity index (χ0) is 14.5. The van der Waals surface area contributed by atoms with Crippen LogP contribution in [0.2, 0.25) is 0 Å². The largest absolute Gasteiger partial charge is 0.355 e. The van der Waals surface area contributed by atoms with Gasteiger partial charge in [-0.3, -0.25) is 4.99 Å². The van der Waals surface area contributed by atoms with Crippen molar-refractivity contribution in [1.82, 2.24) is 10.2 Å².